The van der Waals surface area contributed by atoms with Gasteiger partial charge in [-0.25, -0.2) is 9.79 Å². The number of ether oxygens (including phenoxy) is 1. The molecule has 0 aliphatic carbocycles. The molecule has 0 fully saturated rings. The molecule has 0 radical (unpaired) electrons. The van der Waals surface area contributed by atoms with Gasteiger partial charge in [-0.2, -0.15) is 0 Å². The number of methoxy groups -OCH3 is 1. The highest BCUT2D eigenvalue weighted by Gasteiger charge is 2.15. The number of aliphatic imine (C=N–C) groups is 1. The Morgan fingerprint density at radius 3 is 2.64 bits per heavy atom. The van der Waals surface area contributed by atoms with Crippen LogP contribution in [0.15, 0.2) is 39.7 Å². The molecule has 0 saturated carbocycles. The molecule has 0 spiro atoms. The molecule has 2 aromatic rings. The van der Waals surface area contributed by atoms with Gasteiger partial charge in [0.15, 0.2) is 5.96 Å². The summed E-state index contributed by atoms with van der Waals surface area (Å²) >= 11 is 5.89. The van der Waals surface area contributed by atoms with Crippen LogP contribution in [0.2, 0.25) is 5.02 Å². The predicted molar refractivity (Wildman–Crippen MR) is 97.9 cm³/mol. The third-order valence-corrected chi connectivity index (χ3v) is 3.73. The summed E-state index contributed by atoms with van der Waals surface area (Å²) in [6.07, 6.45) is 0. The molecule has 0 saturated heterocycles. The highest BCUT2D eigenvalue weighted by atomic mass is 35.5. The van der Waals surface area contributed by atoms with Gasteiger partial charge in [0.1, 0.15) is 17.1 Å². The molecule has 6 nitrogen and oxygen atoms in total. The second kappa shape index (κ2) is 9.13. The number of nitrogens with zero attached hydrogens (tertiary/aromatic N) is 1. The Hall–Kier alpha value is -2.47. The van der Waals surface area contributed by atoms with E-state index in [1.807, 2.05) is 31.2 Å². The van der Waals surface area contributed by atoms with Gasteiger partial charge in [-0.3, -0.25) is 0 Å². The van der Waals surface area contributed by atoms with E-state index in [9.17, 15) is 4.79 Å². The van der Waals surface area contributed by atoms with Crippen LogP contribution in [0.1, 0.15) is 34.4 Å². The minimum absolute atomic E-state index is 0.407. The summed E-state index contributed by atoms with van der Waals surface area (Å²) < 4.78 is 10.3. The molecule has 7 heteroatoms. The van der Waals surface area contributed by atoms with Gasteiger partial charge in [0.05, 0.1) is 20.2 Å². The number of aryl methyl sites for hydroxylation is 1. The van der Waals surface area contributed by atoms with Gasteiger partial charge in [0.2, 0.25) is 0 Å². The fourth-order valence-electron chi connectivity index (χ4n) is 2.22. The molecule has 25 heavy (non-hydrogen) atoms. The van der Waals surface area contributed by atoms with Crippen LogP contribution in [0.4, 0.5) is 0 Å². The molecule has 1 aromatic carbocycles. The van der Waals surface area contributed by atoms with E-state index in [0.29, 0.717) is 41.2 Å². The van der Waals surface area contributed by atoms with Crippen LogP contribution < -0.4 is 10.6 Å². The average Bonchev–Trinajstić information content (AvgIpc) is 2.99. The highest BCUT2D eigenvalue weighted by molar-refractivity contribution is 6.30. The molecule has 134 valence electrons. The Kier molecular flexibility index (Phi) is 6.89. The summed E-state index contributed by atoms with van der Waals surface area (Å²) in [5.41, 5.74) is 1.49. The third-order valence-electron chi connectivity index (χ3n) is 3.48. The van der Waals surface area contributed by atoms with Gasteiger partial charge in [-0.1, -0.05) is 23.7 Å². The number of furan rings is 1. The molecule has 2 N–H and O–H groups in total. The van der Waals surface area contributed by atoms with Crippen LogP contribution in [0.5, 0.6) is 0 Å². The molecular weight excluding hydrogens is 342 g/mol. The lowest BCUT2D eigenvalue weighted by molar-refractivity contribution is 0.0599. The van der Waals surface area contributed by atoms with E-state index in [-0.39, 0.29) is 0 Å². The van der Waals surface area contributed by atoms with Crippen molar-refractivity contribution in [2.75, 3.05) is 13.7 Å². The smallest absolute Gasteiger partial charge is 0.341 e. The molecule has 0 atom stereocenters. The second-order valence-corrected chi connectivity index (χ2v) is 5.79. The predicted octanol–water partition coefficient (Wildman–Crippen LogP) is 3.28. The van der Waals surface area contributed by atoms with Crippen molar-refractivity contribution in [1.29, 1.82) is 0 Å². The van der Waals surface area contributed by atoms with Gasteiger partial charge < -0.3 is 19.8 Å². The zero-order valence-corrected chi connectivity index (χ0v) is 15.3. The van der Waals surface area contributed by atoms with Crippen LogP contribution in [0, 0.1) is 6.92 Å². The largest absolute Gasteiger partial charge is 0.465 e. The van der Waals surface area contributed by atoms with Gasteiger partial charge in [-0.05, 0) is 37.6 Å². The molecule has 1 heterocycles. The van der Waals surface area contributed by atoms with E-state index in [4.69, 9.17) is 20.8 Å². The number of rotatable bonds is 6. The summed E-state index contributed by atoms with van der Waals surface area (Å²) in [5.74, 6) is 1.42. The van der Waals surface area contributed by atoms with Crippen LogP contribution >= 0.6 is 11.6 Å². The lowest BCUT2D eigenvalue weighted by atomic mass is 10.2. The Morgan fingerprint density at radius 1 is 1.28 bits per heavy atom. The third kappa shape index (κ3) is 5.53. The van der Waals surface area contributed by atoms with Crippen LogP contribution in [0.25, 0.3) is 0 Å². The number of nitrogens with one attached hydrogen (secondary N) is 2. The fourth-order valence-corrected chi connectivity index (χ4v) is 2.34. The zero-order chi connectivity index (χ0) is 18.2. The van der Waals surface area contributed by atoms with Crippen molar-refractivity contribution in [1.82, 2.24) is 10.6 Å². The molecule has 1 aromatic heterocycles. The lowest BCUT2D eigenvalue weighted by Crippen LogP contribution is -2.36. The van der Waals surface area contributed by atoms with Gasteiger partial charge in [0, 0.05) is 11.6 Å². The van der Waals surface area contributed by atoms with Crippen molar-refractivity contribution in [3.8, 4) is 0 Å². The first-order chi connectivity index (χ1) is 12.0. The van der Waals surface area contributed by atoms with E-state index in [2.05, 4.69) is 15.6 Å². The van der Waals surface area contributed by atoms with Crippen molar-refractivity contribution in [2.24, 2.45) is 4.99 Å². The van der Waals surface area contributed by atoms with Crippen molar-refractivity contribution >= 4 is 23.5 Å². The summed E-state index contributed by atoms with van der Waals surface area (Å²) in [7, 11) is 1.35. The first kappa shape index (κ1) is 18.9. The molecule has 0 amide bonds. The molecule has 2 rings (SSSR count). The summed E-state index contributed by atoms with van der Waals surface area (Å²) in [6, 6.07) is 9.23. The fraction of sp³-hybridized carbons (Fsp3) is 0.333. The number of guanidine groups is 1. The number of carbonyl (C=O) groups excluding carboxylic acids is 1. The maximum Gasteiger partial charge on any atom is 0.341 e. The van der Waals surface area contributed by atoms with E-state index >= 15 is 0 Å². The Labute approximate surface area is 152 Å². The highest BCUT2D eigenvalue weighted by Crippen LogP contribution is 2.15. The van der Waals surface area contributed by atoms with Crippen molar-refractivity contribution < 1.29 is 13.9 Å². The van der Waals surface area contributed by atoms with Gasteiger partial charge >= 0.3 is 5.97 Å². The van der Waals surface area contributed by atoms with Crippen molar-refractivity contribution in [2.45, 2.75) is 26.9 Å². The SMILES string of the molecule is CCNC(=NCc1ccc(Cl)cc1)NCc1cc(C(=O)OC)c(C)o1. The summed E-state index contributed by atoms with van der Waals surface area (Å²) in [5, 5.41) is 7.05. The molecule has 0 aliphatic heterocycles. The van der Waals surface area contributed by atoms with E-state index in [1.165, 1.54) is 7.11 Å². The minimum Gasteiger partial charge on any atom is -0.465 e. The van der Waals surface area contributed by atoms with Gasteiger partial charge in [0.25, 0.3) is 0 Å². The topological polar surface area (TPSA) is 75.9 Å². The van der Waals surface area contributed by atoms with Crippen LogP contribution in [-0.2, 0) is 17.8 Å². The van der Waals surface area contributed by atoms with Crippen LogP contribution in [0.3, 0.4) is 0 Å². The number of carbonyl (C=O) groups is 1. The van der Waals surface area contributed by atoms with E-state index in [1.54, 1.807) is 13.0 Å². The number of halogens is 1. The number of esters is 1. The minimum atomic E-state index is -0.407. The Balaban J connectivity index is 2.00. The quantitative estimate of drug-likeness (QED) is 0.468. The van der Waals surface area contributed by atoms with Gasteiger partial charge in [-0.15, -0.1) is 0 Å². The van der Waals surface area contributed by atoms with Crippen molar-refractivity contribution in [3.05, 3.63) is 58.0 Å². The first-order valence-electron chi connectivity index (χ1n) is 7.97. The number of hydrogen-bond donors (Lipinski definition) is 2. The molecule has 0 unspecified atom stereocenters. The molecular formula is C18H22ClN3O3. The summed E-state index contributed by atoms with van der Waals surface area (Å²) in [4.78, 5) is 16.2. The maximum absolute atomic E-state index is 11.6. The first-order valence-corrected chi connectivity index (χ1v) is 8.35. The van der Waals surface area contributed by atoms with E-state index < -0.39 is 5.97 Å². The normalized spacial score (nSPS) is 11.3. The summed E-state index contributed by atoms with van der Waals surface area (Å²) in [6.45, 7) is 5.39. The second-order valence-electron chi connectivity index (χ2n) is 5.35. The molecule has 0 aliphatic rings. The Bertz CT molecular complexity index is 739. The monoisotopic (exact) mass is 363 g/mol. The Morgan fingerprint density at radius 2 is 2.00 bits per heavy atom. The van der Waals surface area contributed by atoms with Crippen LogP contribution in [-0.4, -0.2) is 25.6 Å². The maximum atomic E-state index is 11.6. The average molecular weight is 364 g/mol. The standard InChI is InChI=1S/C18H22ClN3O3/c1-4-20-18(21-10-13-5-7-14(19)8-6-13)22-11-15-9-16(12(2)25-15)17(23)24-3/h5-9H,4,10-11H2,1-3H3,(H2,20,21,22). The van der Waals surface area contributed by atoms with E-state index in [0.717, 1.165) is 12.1 Å². The van der Waals surface area contributed by atoms with Crippen molar-refractivity contribution in [3.63, 3.8) is 0 Å². The zero-order valence-electron chi connectivity index (χ0n) is 14.6. The number of hydrogen-bond acceptors (Lipinski definition) is 4. The lowest BCUT2D eigenvalue weighted by Gasteiger charge is -2.10. The molecule has 0 bridgehead atoms. The number of benzene rings is 1.